The van der Waals surface area contributed by atoms with E-state index in [2.05, 4.69) is 21.3 Å². The molecule has 0 bridgehead atoms. The van der Waals surface area contributed by atoms with Gasteiger partial charge < -0.3 is 5.32 Å². The average molecular weight is 311 g/mol. The molecule has 2 aliphatic rings. The Morgan fingerprint density at radius 1 is 1.17 bits per heavy atom. The van der Waals surface area contributed by atoms with Gasteiger partial charge in [-0.15, -0.1) is 0 Å². The maximum absolute atomic E-state index is 14.0. The number of hydrogen-bond donors (Lipinski definition) is 1. The van der Waals surface area contributed by atoms with Gasteiger partial charge >= 0.3 is 0 Å². The average Bonchev–Trinajstić information content (AvgIpc) is 3.38. The summed E-state index contributed by atoms with van der Waals surface area (Å²) in [6.45, 7) is 1.65. The summed E-state index contributed by atoms with van der Waals surface area (Å²) < 4.78 is 14.0. The molecule has 1 saturated heterocycles. The minimum atomic E-state index is -0.113. The zero-order chi connectivity index (χ0) is 15.6. The van der Waals surface area contributed by atoms with Gasteiger partial charge in [0, 0.05) is 49.2 Å². The summed E-state index contributed by atoms with van der Waals surface area (Å²) in [5.41, 5.74) is 2.00. The third-order valence-electron chi connectivity index (χ3n) is 4.96. The highest BCUT2D eigenvalue weighted by atomic mass is 19.1. The number of rotatable bonds is 6. The Balaban J connectivity index is 1.50. The van der Waals surface area contributed by atoms with Gasteiger partial charge in [-0.1, -0.05) is 24.3 Å². The van der Waals surface area contributed by atoms with Gasteiger partial charge in [0.15, 0.2) is 0 Å². The fourth-order valence-electron chi connectivity index (χ4n) is 3.40. The molecule has 0 amide bonds. The number of pyridine rings is 1. The van der Waals surface area contributed by atoms with Gasteiger partial charge in [-0.2, -0.15) is 0 Å². The summed E-state index contributed by atoms with van der Waals surface area (Å²) >= 11 is 0. The van der Waals surface area contributed by atoms with Crippen molar-refractivity contribution in [2.24, 2.45) is 0 Å². The highest BCUT2D eigenvalue weighted by Crippen LogP contribution is 2.40. The molecule has 0 spiro atoms. The van der Waals surface area contributed by atoms with Crippen LogP contribution in [0.4, 0.5) is 4.39 Å². The monoisotopic (exact) mass is 311 g/mol. The molecule has 1 N–H and O–H groups in total. The first-order valence-corrected chi connectivity index (χ1v) is 8.44. The second-order valence-corrected chi connectivity index (χ2v) is 6.64. The zero-order valence-corrected chi connectivity index (χ0v) is 13.2. The minimum absolute atomic E-state index is 0.113. The molecular formula is C19H22FN3. The van der Waals surface area contributed by atoms with Crippen molar-refractivity contribution < 1.29 is 4.39 Å². The molecule has 4 heteroatoms. The number of aromatic nitrogens is 1. The van der Waals surface area contributed by atoms with Gasteiger partial charge in [0.25, 0.3) is 0 Å². The van der Waals surface area contributed by atoms with E-state index in [9.17, 15) is 4.39 Å². The SMILES string of the molecule is Fc1ccccc1CN1C(CNC2CC2)CC1c1cccnc1. The lowest BCUT2D eigenvalue weighted by atomic mass is 9.87. The molecule has 2 unspecified atom stereocenters. The molecule has 1 aliphatic heterocycles. The van der Waals surface area contributed by atoms with Crippen LogP contribution >= 0.6 is 0 Å². The molecule has 2 atom stereocenters. The van der Waals surface area contributed by atoms with E-state index in [0.717, 1.165) is 18.5 Å². The van der Waals surface area contributed by atoms with E-state index in [1.165, 1.54) is 18.4 Å². The summed E-state index contributed by atoms with van der Waals surface area (Å²) in [6.07, 6.45) is 7.44. The smallest absolute Gasteiger partial charge is 0.127 e. The van der Waals surface area contributed by atoms with Crippen molar-refractivity contribution in [1.82, 2.24) is 15.2 Å². The fraction of sp³-hybridized carbons (Fsp3) is 0.421. The van der Waals surface area contributed by atoms with Crippen molar-refractivity contribution in [3.8, 4) is 0 Å². The molecular weight excluding hydrogens is 289 g/mol. The van der Waals surface area contributed by atoms with Crippen LogP contribution in [0.25, 0.3) is 0 Å². The van der Waals surface area contributed by atoms with Crippen molar-refractivity contribution in [2.75, 3.05) is 6.54 Å². The molecule has 1 aromatic carbocycles. The van der Waals surface area contributed by atoms with E-state index in [4.69, 9.17) is 0 Å². The molecule has 0 radical (unpaired) electrons. The maximum Gasteiger partial charge on any atom is 0.127 e. The van der Waals surface area contributed by atoms with E-state index in [1.807, 2.05) is 24.4 Å². The first-order valence-electron chi connectivity index (χ1n) is 8.44. The van der Waals surface area contributed by atoms with Crippen LogP contribution < -0.4 is 5.32 Å². The van der Waals surface area contributed by atoms with E-state index in [-0.39, 0.29) is 5.82 Å². The van der Waals surface area contributed by atoms with E-state index >= 15 is 0 Å². The summed E-state index contributed by atoms with van der Waals surface area (Å²) in [4.78, 5) is 6.65. The Kier molecular flexibility index (Phi) is 4.10. The largest absolute Gasteiger partial charge is 0.312 e. The molecule has 2 fully saturated rings. The Bertz CT molecular complexity index is 657. The normalized spacial score (nSPS) is 24.4. The van der Waals surface area contributed by atoms with Crippen molar-refractivity contribution in [3.63, 3.8) is 0 Å². The van der Waals surface area contributed by atoms with Crippen LogP contribution in [0.5, 0.6) is 0 Å². The Morgan fingerprint density at radius 2 is 2.04 bits per heavy atom. The van der Waals surface area contributed by atoms with Gasteiger partial charge in [0.05, 0.1) is 0 Å². The number of nitrogens with zero attached hydrogens (tertiary/aromatic N) is 2. The number of nitrogens with one attached hydrogen (secondary N) is 1. The van der Waals surface area contributed by atoms with Crippen LogP contribution in [-0.2, 0) is 6.54 Å². The van der Waals surface area contributed by atoms with Crippen LogP contribution in [0.15, 0.2) is 48.8 Å². The van der Waals surface area contributed by atoms with E-state index < -0.39 is 0 Å². The number of likely N-dealkylation sites (tertiary alicyclic amines) is 1. The highest BCUT2D eigenvalue weighted by molar-refractivity contribution is 5.22. The predicted molar refractivity (Wildman–Crippen MR) is 88.4 cm³/mol. The van der Waals surface area contributed by atoms with E-state index in [0.29, 0.717) is 24.7 Å². The second-order valence-electron chi connectivity index (χ2n) is 6.64. The molecule has 3 nitrogen and oxygen atoms in total. The van der Waals surface area contributed by atoms with Crippen molar-refractivity contribution in [3.05, 3.63) is 65.7 Å². The lowest BCUT2D eigenvalue weighted by molar-refractivity contribution is 0.00450. The molecule has 23 heavy (non-hydrogen) atoms. The Morgan fingerprint density at radius 3 is 2.78 bits per heavy atom. The topological polar surface area (TPSA) is 28.2 Å². The lowest BCUT2D eigenvalue weighted by Gasteiger charge is -2.49. The molecule has 1 aliphatic carbocycles. The van der Waals surface area contributed by atoms with Crippen molar-refractivity contribution in [2.45, 2.75) is 43.9 Å². The molecule has 4 rings (SSSR count). The van der Waals surface area contributed by atoms with Gasteiger partial charge in [-0.3, -0.25) is 9.88 Å². The second kappa shape index (κ2) is 6.38. The summed E-state index contributed by atoms with van der Waals surface area (Å²) in [5.74, 6) is -0.113. The summed E-state index contributed by atoms with van der Waals surface area (Å²) in [7, 11) is 0. The first-order chi connectivity index (χ1) is 11.3. The van der Waals surface area contributed by atoms with Crippen LogP contribution in [0.2, 0.25) is 0 Å². The number of benzene rings is 1. The third kappa shape index (κ3) is 3.28. The molecule has 2 aromatic rings. The van der Waals surface area contributed by atoms with Crippen molar-refractivity contribution in [1.29, 1.82) is 0 Å². The number of halogens is 1. The Labute approximate surface area is 136 Å². The third-order valence-corrected chi connectivity index (χ3v) is 4.96. The standard InChI is InChI=1S/C19H22FN3/c20-18-6-2-1-4-15(18)13-23-17(12-22-16-7-8-16)10-19(23)14-5-3-9-21-11-14/h1-6,9,11,16-17,19,22H,7-8,10,12-13H2. The highest BCUT2D eigenvalue weighted by Gasteiger charge is 2.39. The number of hydrogen-bond acceptors (Lipinski definition) is 3. The quantitative estimate of drug-likeness (QED) is 0.887. The van der Waals surface area contributed by atoms with Gasteiger partial charge in [-0.05, 0) is 37.0 Å². The van der Waals surface area contributed by atoms with Crippen LogP contribution in [-0.4, -0.2) is 28.5 Å². The van der Waals surface area contributed by atoms with E-state index in [1.54, 1.807) is 18.3 Å². The fourth-order valence-corrected chi connectivity index (χ4v) is 3.40. The lowest BCUT2D eigenvalue weighted by Crippen LogP contribution is -2.54. The molecule has 120 valence electrons. The van der Waals surface area contributed by atoms with Crippen LogP contribution in [0.3, 0.4) is 0 Å². The minimum Gasteiger partial charge on any atom is -0.312 e. The molecule has 1 aromatic heterocycles. The zero-order valence-electron chi connectivity index (χ0n) is 13.2. The Hall–Kier alpha value is -1.78. The first kappa shape index (κ1) is 14.8. The van der Waals surface area contributed by atoms with Crippen LogP contribution in [0, 0.1) is 5.82 Å². The molecule has 2 heterocycles. The van der Waals surface area contributed by atoms with Crippen molar-refractivity contribution >= 4 is 0 Å². The predicted octanol–water partition coefficient (Wildman–Crippen LogP) is 3.29. The van der Waals surface area contributed by atoms with Crippen LogP contribution in [0.1, 0.15) is 36.4 Å². The summed E-state index contributed by atoms with van der Waals surface area (Å²) in [6, 6.07) is 12.7. The van der Waals surface area contributed by atoms with Gasteiger partial charge in [0.1, 0.15) is 5.82 Å². The summed E-state index contributed by atoms with van der Waals surface area (Å²) in [5, 5.41) is 3.61. The molecule has 1 saturated carbocycles. The van der Waals surface area contributed by atoms with Gasteiger partial charge in [0.2, 0.25) is 0 Å². The maximum atomic E-state index is 14.0. The van der Waals surface area contributed by atoms with Gasteiger partial charge in [-0.25, -0.2) is 4.39 Å².